The van der Waals surface area contributed by atoms with Crippen molar-refractivity contribution in [3.8, 4) is 17.2 Å². The Morgan fingerprint density at radius 3 is 2.41 bits per heavy atom. The fourth-order valence-electron chi connectivity index (χ4n) is 3.09. The lowest BCUT2D eigenvalue weighted by Crippen LogP contribution is -2.30. The van der Waals surface area contributed by atoms with Gasteiger partial charge in [0.1, 0.15) is 17.2 Å². The van der Waals surface area contributed by atoms with Gasteiger partial charge in [-0.05, 0) is 42.5 Å². The number of amides is 2. The number of anilines is 1. The van der Waals surface area contributed by atoms with Gasteiger partial charge in [0.05, 0.1) is 33.5 Å². The summed E-state index contributed by atoms with van der Waals surface area (Å²) in [7, 11) is 4.70. The van der Waals surface area contributed by atoms with Crippen LogP contribution in [0.2, 0.25) is 0 Å². The molecule has 1 saturated heterocycles. The van der Waals surface area contributed by atoms with Gasteiger partial charge < -0.3 is 19.1 Å². The molecule has 0 bridgehead atoms. The zero-order valence-corrected chi connectivity index (χ0v) is 16.5. The summed E-state index contributed by atoms with van der Waals surface area (Å²) >= 11 is 0. The van der Waals surface area contributed by atoms with Crippen molar-refractivity contribution in [2.45, 2.75) is 6.42 Å². The Kier molecular flexibility index (Phi) is 6.33. The average Bonchev–Trinajstić information content (AvgIpc) is 3.15. The van der Waals surface area contributed by atoms with Crippen LogP contribution in [0.3, 0.4) is 0 Å². The van der Waals surface area contributed by atoms with Crippen molar-refractivity contribution in [1.82, 2.24) is 5.43 Å². The van der Waals surface area contributed by atoms with Crippen molar-refractivity contribution in [3.05, 3.63) is 48.0 Å². The number of methoxy groups -OCH3 is 3. The van der Waals surface area contributed by atoms with Crippen molar-refractivity contribution in [1.29, 1.82) is 0 Å². The molecule has 0 aromatic heterocycles. The van der Waals surface area contributed by atoms with Crippen LogP contribution in [-0.4, -0.2) is 45.9 Å². The van der Waals surface area contributed by atoms with Gasteiger partial charge in [-0.25, -0.2) is 5.43 Å². The van der Waals surface area contributed by atoms with E-state index in [1.54, 1.807) is 68.7 Å². The Labute approximate surface area is 169 Å². The number of rotatable bonds is 7. The SMILES string of the molecule is COc1ccc(N2C[C@H](C(=O)N/N=C\c3cc(OC)ccc3OC)CC2=O)cc1. The lowest BCUT2D eigenvalue weighted by Gasteiger charge is -2.16. The van der Waals surface area contributed by atoms with Gasteiger partial charge in [0.25, 0.3) is 0 Å². The molecule has 1 aliphatic rings. The van der Waals surface area contributed by atoms with E-state index in [0.717, 1.165) is 5.69 Å². The van der Waals surface area contributed by atoms with E-state index in [0.29, 0.717) is 29.4 Å². The van der Waals surface area contributed by atoms with Gasteiger partial charge in [-0.2, -0.15) is 5.10 Å². The molecule has 1 heterocycles. The van der Waals surface area contributed by atoms with Crippen LogP contribution in [0.4, 0.5) is 5.69 Å². The second kappa shape index (κ2) is 9.09. The monoisotopic (exact) mass is 397 g/mol. The molecule has 0 spiro atoms. The number of hydrogen-bond acceptors (Lipinski definition) is 6. The fourth-order valence-corrected chi connectivity index (χ4v) is 3.09. The van der Waals surface area contributed by atoms with E-state index in [1.165, 1.54) is 6.21 Å². The lowest BCUT2D eigenvalue weighted by atomic mass is 10.1. The summed E-state index contributed by atoms with van der Waals surface area (Å²) in [4.78, 5) is 26.4. The van der Waals surface area contributed by atoms with Gasteiger partial charge in [-0.3, -0.25) is 9.59 Å². The molecule has 0 radical (unpaired) electrons. The Morgan fingerprint density at radius 1 is 1.07 bits per heavy atom. The second-order valence-electron chi connectivity index (χ2n) is 6.45. The van der Waals surface area contributed by atoms with Crippen LogP contribution in [-0.2, 0) is 9.59 Å². The van der Waals surface area contributed by atoms with Gasteiger partial charge in [0.2, 0.25) is 11.8 Å². The number of hydrogen-bond donors (Lipinski definition) is 1. The van der Waals surface area contributed by atoms with Crippen LogP contribution in [0.1, 0.15) is 12.0 Å². The number of carbonyl (C=O) groups excluding carboxylic acids is 2. The molecule has 1 fully saturated rings. The molecule has 152 valence electrons. The van der Waals surface area contributed by atoms with E-state index in [1.807, 2.05) is 0 Å². The number of nitrogens with one attached hydrogen (secondary N) is 1. The summed E-state index contributed by atoms with van der Waals surface area (Å²) < 4.78 is 15.6. The first kappa shape index (κ1) is 20.2. The van der Waals surface area contributed by atoms with Crippen LogP contribution in [0.25, 0.3) is 0 Å². The van der Waals surface area contributed by atoms with Crippen LogP contribution in [0, 0.1) is 5.92 Å². The molecular weight excluding hydrogens is 374 g/mol. The zero-order valence-electron chi connectivity index (χ0n) is 16.5. The van der Waals surface area contributed by atoms with Gasteiger partial charge in [0.15, 0.2) is 0 Å². The molecule has 8 nitrogen and oxygen atoms in total. The number of nitrogens with zero attached hydrogens (tertiary/aromatic N) is 2. The fraction of sp³-hybridized carbons (Fsp3) is 0.286. The maximum Gasteiger partial charge on any atom is 0.245 e. The van der Waals surface area contributed by atoms with E-state index in [-0.39, 0.29) is 18.2 Å². The third kappa shape index (κ3) is 4.66. The minimum Gasteiger partial charge on any atom is -0.497 e. The van der Waals surface area contributed by atoms with Gasteiger partial charge in [0, 0.05) is 24.2 Å². The molecule has 0 aliphatic carbocycles. The predicted molar refractivity (Wildman–Crippen MR) is 109 cm³/mol. The highest BCUT2D eigenvalue weighted by Crippen LogP contribution is 2.27. The first-order valence-electron chi connectivity index (χ1n) is 9.05. The Bertz CT molecular complexity index is 911. The normalized spacial score (nSPS) is 16.2. The molecule has 1 N–H and O–H groups in total. The molecular formula is C21H23N3O5. The molecule has 1 aliphatic heterocycles. The molecule has 3 rings (SSSR count). The number of ether oxygens (including phenoxy) is 3. The van der Waals surface area contributed by atoms with E-state index in [9.17, 15) is 9.59 Å². The average molecular weight is 397 g/mol. The molecule has 8 heteroatoms. The predicted octanol–water partition coefficient (Wildman–Crippen LogP) is 2.22. The lowest BCUT2D eigenvalue weighted by molar-refractivity contribution is -0.126. The van der Waals surface area contributed by atoms with Gasteiger partial charge in [-0.15, -0.1) is 0 Å². The van der Waals surface area contributed by atoms with Gasteiger partial charge >= 0.3 is 0 Å². The minimum absolute atomic E-state index is 0.103. The van der Waals surface area contributed by atoms with E-state index >= 15 is 0 Å². The summed E-state index contributed by atoms with van der Waals surface area (Å²) in [5.74, 6) is 1.06. The van der Waals surface area contributed by atoms with Crippen molar-refractivity contribution in [3.63, 3.8) is 0 Å². The summed E-state index contributed by atoms with van der Waals surface area (Å²) in [5.41, 5.74) is 3.90. The highest BCUT2D eigenvalue weighted by atomic mass is 16.5. The maximum absolute atomic E-state index is 12.5. The van der Waals surface area contributed by atoms with Gasteiger partial charge in [-0.1, -0.05) is 0 Å². The highest BCUT2D eigenvalue weighted by Gasteiger charge is 2.35. The summed E-state index contributed by atoms with van der Waals surface area (Å²) in [6.07, 6.45) is 1.62. The Morgan fingerprint density at radius 2 is 1.76 bits per heavy atom. The third-order valence-electron chi connectivity index (χ3n) is 4.70. The van der Waals surface area contributed by atoms with Crippen LogP contribution in [0.5, 0.6) is 17.2 Å². The quantitative estimate of drug-likeness (QED) is 0.572. The van der Waals surface area contributed by atoms with E-state index < -0.39 is 5.92 Å². The summed E-state index contributed by atoms with van der Waals surface area (Å²) in [5, 5.41) is 4.01. The third-order valence-corrected chi connectivity index (χ3v) is 4.70. The highest BCUT2D eigenvalue weighted by molar-refractivity contribution is 6.00. The minimum atomic E-state index is -0.478. The molecule has 2 aromatic carbocycles. The van der Waals surface area contributed by atoms with Crippen LogP contribution < -0.4 is 24.5 Å². The van der Waals surface area contributed by atoms with E-state index in [4.69, 9.17) is 14.2 Å². The van der Waals surface area contributed by atoms with Crippen molar-refractivity contribution in [2.24, 2.45) is 11.0 Å². The summed E-state index contributed by atoms with van der Waals surface area (Å²) in [6.45, 7) is 0.301. The topological polar surface area (TPSA) is 89.5 Å². The maximum atomic E-state index is 12.5. The molecule has 29 heavy (non-hydrogen) atoms. The molecule has 0 saturated carbocycles. The molecule has 0 unspecified atom stereocenters. The number of carbonyl (C=O) groups is 2. The number of benzene rings is 2. The standard InChI is InChI=1S/C21H23N3O5/c1-27-17-6-4-16(5-7-17)24-13-15(11-20(24)25)21(26)23-22-12-14-10-18(28-2)8-9-19(14)29-3/h4-10,12,15H,11,13H2,1-3H3,(H,23,26)/b22-12-/t15-/m1/s1. The smallest absolute Gasteiger partial charge is 0.245 e. The molecule has 2 amide bonds. The van der Waals surface area contributed by atoms with E-state index in [2.05, 4.69) is 10.5 Å². The van der Waals surface area contributed by atoms with Crippen molar-refractivity contribution < 1.29 is 23.8 Å². The Balaban J connectivity index is 1.63. The first-order chi connectivity index (χ1) is 14.0. The summed E-state index contributed by atoms with van der Waals surface area (Å²) in [6, 6.07) is 12.4. The molecule has 1 atom stereocenters. The van der Waals surface area contributed by atoms with Crippen molar-refractivity contribution in [2.75, 3.05) is 32.8 Å². The Hall–Kier alpha value is -3.55. The first-order valence-corrected chi connectivity index (χ1v) is 9.05. The van der Waals surface area contributed by atoms with Crippen LogP contribution >= 0.6 is 0 Å². The van der Waals surface area contributed by atoms with Crippen LogP contribution in [0.15, 0.2) is 47.6 Å². The molecule has 2 aromatic rings. The zero-order chi connectivity index (χ0) is 20.8. The second-order valence-corrected chi connectivity index (χ2v) is 6.45. The van der Waals surface area contributed by atoms with Crippen molar-refractivity contribution >= 4 is 23.7 Å². The number of hydrazone groups is 1. The largest absolute Gasteiger partial charge is 0.497 e.